The van der Waals surface area contributed by atoms with Gasteiger partial charge in [0.05, 0.1) is 4.47 Å². The predicted molar refractivity (Wildman–Crippen MR) is 49.2 cm³/mol. The molecule has 0 bridgehead atoms. The summed E-state index contributed by atoms with van der Waals surface area (Å²) in [6, 6.07) is 4.66. The number of phenols is 1. The van der Waals surface area contributed by atoms with Crippen LogP contribution in [0.15, 0.2) is 22.7 Å². The molecule has 12 heavy (non-hydrogen) atoms. The summed E-state index contributed by atoms with van der Waals surface area (Å²) in [5.74, 6) is -0.145. The number of rotatable bonds is 1. The minimum absolute atomic E-state index is 0.0658. The van der Waals surface area contributed by atoms with Crippen LogP contribution in [-0.2, 0) is 0 Å². The van der Waals surface area contributed by atoms with Gasteiger partial charge < -0.3 is 10.4 Å². The second-order valence-electron chi connectivity index (χ2n) is 2.25. The summed E-state index contributed by atoms with van der Waals surface area (Å²) < 4.78 is 0.579. The third kappa shape index (κ3) is 1.76. The Balaban J connectivity index is 3.05. The zero-order valence-electron chi connectivity index (χ0n) is 6.47. The SMILES string of the molecule is CNC(=O)c1ccc(Br)c(O)c1. The van der Waals surface area contributed by atoms with Crippen LogP contribution < -0.4 is 5.32 Å². The summed E-state index contributed by atoms with van der Waals surface area (Å²) in [7, 11) is 1.54. The number of phenolic OH excluding ortho intramolecular Hbond substituents is 1. The Bertz CT molecular complexity index is 312. The summed E-state index contributed by atoms with van der Waals surface area (Å²) in [4.78, 5) is 11.0. The Morgan fingerprint density at radius 2 is 2.25 bits per heavy atom. The molecule has 0 heterocycles. The maximum absolute atomic E-state index is 11.0. The fraction of sp³-hybridized carbons (Fsp3) is 0.125. The van der Waals surface area contributed by atoms with E-state index in [-0.39, 0.29) is 11.7 Å². The highest BCUT2D eigenvalue weighted by Crippen LogP contribution is 2.23. The third-order valence-electron chi connectivity index (χ3n) is 1.44. The molecule has 2 N–H and O–H groups in total. The van der Waals surface area contributed by atoms with Crippen molar-refractivity contribution >= 4 is 21.8 Å². The molecule has 4 heteroatoms. The first kappa shape index (κ1) is 9.06. The van der Waals surface area contributed by atoms with Gasteiger partial charge in [-0.2, -0.15) is 0 Å². The molecular weight excluding hydrogens is 222 g/mol. The van der Waals surface area contributed by atoms with Crippen LogP contribution in [-0.4, -0.2) is 18.1 Å². The zero-order valence-corrected chi connectivity index (χ0v) is 8.05. The van der Waals surface area contributed by atoms with Gasteiger partial charge in [0.15, 0.2) is 0 Å². The first-order chi connectivity index (χ1) is 5.65. The average molecular weight is 230 g/mol. The number of carbonyl (C=O) groups is 1. The Kier molecular flexibility index (Phi) is 2.70. The maximum Gasteiger partial charge on any atom is 0.251 e. The van der Waals surface area contributed by atoms with Crippen molar-refractivity contribution in [3.8, 4) is 5.75 Å². The van der Waals surface area contributed by atoms with Crippen LogP contribution >= 0.6 is 15.9 Å². The highest BCUT2D eigenvalue weighted by Gasteiger charge is 2.05. The molecule has 3 nitrogen and oxygen atoms in total. The lowest BCUT2D eigenvalue weighted by Gasteiger charge is -2.01. The van der Waals surface area contributed by atoms with E-state index in [0.717, 1.165) is 0 Å². The normalized spacial score (nSPS) is 9.50. The van der Waals surface area contributed by atoms with Crippen LogP contribution in [0.2, 0.25) is 0 Å². The van der Waals surface area contributed by atoms with Crippen LogP contribution in [0.5, 0.6) is 5.75 Å². The first-order valence-corrected chi connectivity index (χ1v) is 4.15. The van der Waals surface area contributed by atoms with Crippen LogP contribution in [0.3, 0.4) is 0 Å². The van der Waals surface area contributed by atoms with E-state index in [4.69, 9.17) is 0 Å². The van der Waals surface area contributed by atoms with E-state index in [1.165, 1.54) is 6.07 Å². The van der Waals surface area contributed by atoms with Gasteiger partial charge in [-0.25, -0.2) is 0 Å². The van der Waals surface area contributed by atoms with Crippen molar-refractivity contribution in [3.63, 3.8) is 0 Å². The first-order valence-electron chi connectivity index (χ1n) is 3.35. The number of halogens is 1. The summed E-state index contributed by atoms with van der Waals surface area (Å²) in [5.41, 5.74) is 0.443. The fourth-order valence-corrected chi connectivity index (χ4v) is 1.04. The van der Waals surface area contributed by atoms with Crippen molar-refractivity contribution in [1.29, 1.82) is 0 Å². The van der Waals surface area contributed by atoms with Crippen molar-refractivity contribution in [2.45, 2.75) is 0 Å². The standard InChI is InChI=1S/C8H8BrNO2/c1-10-8(12)5-2-3-6(9)7(11)4-5/h2-4,11H,1H3,(H,10,12). The topological polar surface area (TPSA) is 49.3 Å². The van der Waals surface area contributed by atoms with Gasteiger partial charge in [-0.05, 0) is 34.1 Å². The van der Waals surface area contributed by atoms with Crippen molar-refractivity contribution in [2.75, 3.05) is 7.05 Å². The predicted octanol–water partition coefficient (Wildman–Crippen LogP) is 1.51. The molecule has 1 aromatic rings. The Hall–Kier alpha value is -1.03. The van der Waals surface area contributed by atoms with E-state index in [1.54, 1.807) is 19.2 Å². The van der Waals surface area contributed by atoms with E-state index >= 15 is 0 Å². The van der Waals surface area contributed by atoms with Gasteiger partial charge in [-0.1, -0.05) is 0 Å². The molecular formula is C8H8BrNO2. The van der Waals surface area contributed by atoms with Gasteiger partial charge in [0.1, 0.15) is 5.75 Å². The minimum Gasteiger partial charge on any atom is -0.507 e. The van der Waals surface area contributed by atoms with Crippen LogP contribution in [0, 0.1) is 0 Å². The second-order valence-corrected chi connectivity index (χ2v) is 3.10. The van der Waals surface area contributed by atoms with Crippen molar-refractivity contribution in [3.05, 3.63) is 28.2 Å². The largest absolute Gasteiger partial charge is 0.507 e. The summed E-state index contributed by atoms with van der Waals surface area (Å²) in [6.45, 7) is 0. The van der Waals surface area contributed by atoms with Gasteiger partial charge in [0.25, 0.3) is 5.91 Å². The van der Waals surface area contributed by atoms with Crippen molar-refractivity contribution in [1.82, 2.24) is 5.32 Å². The molecule has 0 saturated carbocycles. The van der Waals surface area contributed by atoms with E-state index in [2.05, 4.69) is 21.2 Å². The number of benzene rings is 1. The highest BCUT2D eigenvalue weighted by atomic mass is 79.9. The number of hydrogen-bond acceptors (Lipinski definition) is 2. The molecule has 0 fully saturated rings. The van der Waals surface area contributed by atoms with Gasteiger partial charge >= 0.3 is 0 Å². The van der Waals surface area contributed by atoms with Gasteiger partial charge in [0, 0.05) is 12.6 Å². The molecule has 1 rings (SSSR count). The number of aromatic hydroxyl groups is 1. The molecule has 1 aromatic carbocycles. The molecule has 0 atom stereocenters. The lowest BCUT2D eigenvalue weighted by atomic mass is 10.2. The maximum atomic E-state index is 11.0. The van der Waals surface area contributed by atoms with E-state index in [9.17, 15) is 9.90 Å². The van der Waals surface area contributed by atoms with E-state index < -0.39 is 0 Å². The number of nitrogens with one attached hydrogen (secondary N) is 1. The van der Waals surface area contributed by atoms with Crippen LogP contribution in [0.4, 0.5) is 0 Å². The van der Waals surface area contributed by atoms with Crippen LogP contribution in [0.25, 0.3) is 0 Å². The Labute approximate surface area is 78.5 Å². The molecule has 0 unspecified atom stereocenters. The Morgan fingerprint density at radius 3 is 2.75 bits per heavy atom. The van der Waals surface area contributed by atoms with Crippen molar-refractivity contribution < 1.29 is 9.90 Å². The Morgan fingerprint density at radius 1 is 1.58 bits per heavy atom. The van der Waals surface area contributed by atoms with Gasteiger partial charge in [-0.3, -0.25) is 4.79 Å². The number of amides is 1. The highest BCUT2D eigenvalue weighted by molar-refractivity contribution is 9.10. The quantitative estimate of drug-likeness (QED) is 0.768. The molecule has 0 radical (unpaired) electrons. The lowest BCUT2D eigenvalue weighted by Crippen LogP contribution is -2.17. The van der Waals surface area contributed by atoms with E-state index in [1.807, 2.05) is 0 Å². The monoisotopic (exact) mass is 229 g/mol. The van der Waals surface area contributed by atoms with Gasteiger partial charge in [0.2, 0.25) is 0 Å². The molecule has 64 valence electrons. The summed E-state index contributed by atoms with van der Waals surface area (Å²) in [5, 5.41) is 11.7. The number of hydrogen-bond donors (Lipinski definition) is 2. The van der Waals surface area contributed by atoms with Gasteiger partial charge in [-0.15, -0.1) is 0 Å². The average Bonchev–Trinajstić information content (AvgIpc) is 2.08. The minimum atomic E-state index is -0.210. The van der Waals surface area contributed by atoms with Crippen LogP contribution in [0.1, 0.15) is 10.4 Å². The molecule has 0 spiro atoms. The smallest absolute Gasteiger partial charge is 0.251 e. The zero-order chi connectivity index (χ0) is 9.14. The summed E-state index contributed by atoms with van der Waals surface area (Å²) in [6.07, 6.45) is 0. The molecule has 0 saturated heterocycles. The molecule has 1 amide bonds. The summed E-state index contributed by atoms with van der Waals surface area (Å²) >= 11 is 3.12. The van der Waals surface area contributed by atoms with E-state index in [0.29, 0.717) is 10.0 Å². The third-order valence-corrected chi connectivity index (χ3v) is 2.11. The molecule has 0 aliphatic carbocycles. The molecule has 0 aliphatic heterocycles. The molecule has 0 aliphatic rings. The number of carbonyl (C=O) groups excluding carboxylic acids is 1. The fourth-order valence-electron chi connectivity index (χ4n) is 0.798. The second kappa shape index (κ2) is 3.58. The lowest BCUT2D eigenvalue weighted by molar-refractivity contribution is 0.0962. The van der Waals surface area contributed by atoms with Crippen molar-refractivity contribution in [2.24, 2.45) is 0 Å². The molecule has 0 aromatic heterocycles.